The maximum Gasteiger partial charge on any atom is 0.140 e. The highest BCUT2D eigenvalue weighted by molar-refractivity contribution is 9.10. The van der Waals surface area contributed by atoms with Gasteiger partial charge in [0.1, 0.15) is 5.82 Å². The Balaban J connectivity index is 2.13. The van der Waals surface area contributed by atoms with Gasteiger partial charge in [-0.25, -0.2) is 4.98 Å². The van der Waals surface area contributed by atoms with E-state index >= 15 is 0 Å². The smallest absolute Gasteiger partial charge is 0.140 e. The maximum absolute atomic E-state index is 5.87. The molecule has 19 heavy (non-hydrogen) atoms. The summed E-state index contributed by atoms with van der Waals surface area (Å²) in [5, 5.41) is 3.95. The molecule has 3 N–H and O–H groups in total. The van der Waals surface area contributed by atoms with Crippen LogP contribution in [0.3, 0.4) is 0 Å². The molecule has 1 atom stereocenters. The second-order valence-electron chi connectivity index (χ2n) is 4.30. The third-order valence-corrected chi connectivity index (χ3v) is 3.69. The number of halogens is 2. The standard InChI is InChI=1S/C14H15BrClN3/c1-9(11-4-2-10(7-17)3-5-11)19-14-13(15)6-12(16)8-18-14/h2-6,8-9H,7,17H2,1H3,(H,18,19). The third-order valence-electron chi connectivity index (χ3n) is 2.88. The number of anilines is 1. The number of nitrogens with two attached hydrogens (primary N) is 1. The topological polar surface area (TPSA) is 50.9 Å². The summed E-state index contributed by atoms with van der Waals surface area (Å²) in [6.07, 6.45) is 1.62. The van der Waals surface area contributed by atoms with Crippen LogP contribution >= 0.6 is 27.5 Å². The van der Waals surface area contributed by atoms with Gasteiger partial charge < -0.3 is 11.1 Å². The first-order chi connectivity index (χ1) is 9.10. The van der Waals surface area contributed by atoms with Crippen LogP contribution in [0.5, 0.6) is 0 Å². The average molecular weight is 341 g/mol. The first kappa shape index (κ1) is 14.3. The van der Waals surface area contributed by atoms with E-state index in [-0.39, 0.29) is 6.04 Å². The van der Waals surface area contributed by atoms with E-state index in [9.17, 15) is 0 Å². The quantitative estimate of drug-likeness (QED) is 0.880. The summed E-state index contributed by atoms with van der Waals surface area (Å²) in [6, 6.07) is 10.2. The molecule has 0 aliphatic rings. The van der Waals surface area contributed by atoms with Crippen molar-refractivity contribution in [2.24, 2.45) is 5.73 Å². The molecule has 1 aromatic heterocycles. The molecule has 1 heterocycles. The Morgan fingerprint density at radius 1 is 1.37 bits per heavy atom. The molecular weight excluding hydrogens is 326 g/mol. The maximum atomic E-state index is 5.87. The van der Waals surface area contributed by atoms with Gasteiger partial charge >= 0.3 is 0 Å². The molecule has 2 aromatic rings. The summed E-state index contributed by atoms with van der Waals surface area (Å²) in [5.74, 6) is 0.778. The number of nitrogens with zero attached hydrogens (tertiary/aromatic N) is 1. The normalized spacial score (nSPS) is 12.2. The van der Waals surface area contributed by atoms with Crippen LogP contribution in [-0.4, -0.2) is 4.98 Å². The number of hydrogen-bond donors (Lipinski definition) is 2. The van der Waals surface area contributed by atoms with Crippen molar-refractivity contribution in [1.82, 2.24) is 4.98 Å². The van der Waals surface area contributed by atoms with E-state index in [4.69, 9.17) is 17.3 Å². The summed E-state index contributed by atoms with van der Waals surface area (Å²) in [7, 11) is 0. The van der Waals surface area contributed by atoms with Gasteiger partial charge in [-0.2, -0.15) is 0 Å². The lowest BCUT2D eigenvalue weighted by molar-refractivity contribution is 0.870. The Labute approximate surface area is 126 Å². The van der Waals surface area contributed by atoms with Crippen molar-refractivity contribution in [1.29, 1.82) is 0 Å². The number of benzene rings is 1. The van der Waals surface area contributed by atoms with Crippen molar-refractivity contribution in [2.75, 3.05) is 5.32 Å². The van der Waals surface area contributed by atoms with Crippen molar-refractivity contribution in [3.8, 4) is 0 Å². The largest absolute Gasteiger partial charge is 0.363 e. The predicted molar refractivity (Wildman–Crippen MR) is 83.3 cm³/mol. The van der Waals surface area contributed by atoms with Gasteiger partial charge in [-0.05, 0) is 40.0 Å². The molecule has 0 radical (unpaired) electrons. The summed E-state index contributed by atoms with van der Waals surface area (Å²) in [4.78, 5) is 4.27. The average Bonchev–Trinajstić information content (AvgIpc) is 2.42. The first-order valence-electron chi connectivity index (χ1n) is 5.96. The minimum absolute atomic E-state index is 0.150. The molecule has 100 valence electrons. The van der Waals surface area contributed by atoms with Gasteiger partial charge in [0.15, 0.2) is 0 Å². The highest BCUT2D eigenvalue weighted by Crippen LogP contribution is 2.26. The van der Waals surface area contributed by atoms with Crippen molar-refractivity contribution < 1.29 is 0 Å². The number of aromatic nitrogens is 1. The van der Waals surface area contributed by atoms with E-state index in [1.807, 2.05) is 18.2 Å². The van der Waals surface area contributed by atoms with Gasteiger partial charge in [0, 0.05) is 18.8 Å². The van der Waals surface area contributed by atoms with Gasteiger partial charge in [0.05, 0.1) is 9.50 Å². The van der Waals surface area contributed by atoms with Crippen LogP contribution in [0, 0.1) is 0 Å². The van der Waals surface area contributed by atoms with Gasteiger partial charge in [-0.1, -0.05) is 35.9 Å². The molecule has 0 spiro atoms. The molecule has 5 heteroatoms. The Bertz CT molecular complexity index is 557. The molecule has 0 amide bonds. The highest BCUT2D eigenvalue weighted by atomic mass is 79.9. The Morgan fingerprint density at radius 3 is 2.63 bits per heavy atom. The van der Waals surface area contributed by atoms with E-state index in [2.05, 4.69) is 45.3 Å². The zero-order valence-corrected chi connectivity index (χ0v) is 12.9. The van der Waals surface area contributed by atoms with E-state index in [0.29, 0.717) is 11.6 Å². The first-order valence-corrected chi connectivity index (χ1v) is 7.13. The minimum Gasteiger partial charge on any atom is -0.363 e. The number of rotatable bonds is 4. The van der Waals surface area contributed by atoms with E-state index in [1.54, 1.807) is 6.20 Å². The van der Waals surface area contributed by atoms with Crippen molar-refractivity contribution in [3.63, 3.8) is 0 Å². The molecule has 3 nitrogen and oxygen atoms in total. The predicted octanol–water partition coefficient (Wildman–Crippen LogP) is 4.13. The van der Waals surface area contributed by atoms with Crippen LogP contribution in [0.2, 0.25) is 5.02 Å². The zero-order chi connectivity index (χ0) is 13.8. The van der Waals surface area contributed by atoms with Gasteiger partial charge in [0.25, 0.3) is 0 Å². The monoisotopic (exact) mass is 339 g/mol. The fourth-order valence-corrected chi connectivity index (χ4v) is 2.50. The second-order valence-corrected chi connectivity index (χ2v) is 5.59. The van der Waals surface area contributed by atoms with Crippen molar-refractivity contribution in [3.05, 3.63) is 57.2 Å². The number of nitrogens with one attached hydrogen (secondary N) is 1. The fraction of sp³-hybridized carbons (Fsp3) is 0.214. The lowest BCUT2D eigenvalue weighted by Gasteiger charge is -2.16. The summed E-state index contributed by atoms with van der Waals surface area (Å²) in [6.45, 7) is 2.65. The van der Waals surface area contributed by atoms with Crippen molar-refractivity contribution in [2.45, 2.75) is 19.5 Å². The molecule has 0 aliphatic carbocycles. The number of pyridine rings is 1. The van der Waals surface area contributed by atoms with Crippen molar-refractivity contribution >= 4 is 33.3 Å². The zero-order valence-electron chi connectivity index (χ0n) is 10.5. The SMILES string of the molecule is CC(Nc1ncc(Cl)cc1Br)c1ccc(CN)cc1. The molecule has 1 unspecified atom stereocenters. The van der Waals surface area contributed by atoms with Gasteiger partial charge in [-0.15, -0.1) is 0 Å². The van der Waals surface area contributed by atoms with Crippen LogP contribution in [0.4, 0.5) is 5.82 Å². The lowest BCUT2D eigenvalue weighted by Crippen LogP contribution is -2.08. The second kappa shape index (κ2) is 6.37. The van der Waals surface area contributed by atoms with Gasteiger partial charge in [0.2, 0.25) is 0 Å². The van der Waals surface area contributed by atoms with Crippen LogP contribution < -0.4 is 11.1 Å². The van der Waals surface area contributed by atoms with Gasteiger partial charge in [-0.3, -0.25) is 0 Å². The fourth-order valence-electron chi connectivity index (χ4n) is 1.75. The van der Waals surface area contributed by atoms with E-state index in [1.165, 1.54) is 5.56 Å². The van der Waals surface area contributed by atoms with Crippen LogP contribution in [0.1, 0.15) is 24.1 Å². The molecule has 0 aliphatic heterocycles. The highest BCUT2D eigenvalue weighted by Gasteiger charge is 2.09. The minimum atomic E-state index is 0.150. The summed E-state index contributed by atoms with van der Waals surface area (Å²) in [5.41, 5.74) is 7.90. The molecule has 0 saturated carbocycles. The number of hydrogen-bond acceptors (Lipinski definition) is 3. The van der Waals surface area contributed by atoms with Crippen LogP contribution in [0.15, 0.2) is 41.0 Å². The molecule has 2 rings (SSSR count). The summed E-state index contributed by atoms with van der Waals surface area (Å²) >= 11 is 9.32. The summed E-state index contributed by atoms with van der Waals surface area (Å²) < 4.78 is 0.852. The third kappa shape index (κ3) is 3.69. The van der Waals surface area contributed by atoms with E-state index < -0.39 is 0 Å². The molecule has 0 fully saturated rings. The lowest BCUT2D eigenvalue weighted by atomic mass is 10.1. The molecule has 0 saturated heterocycles. The van der Waals surface area contributed by atoms with Crippen LogP contribution in [-0.2, 0) is 6.54 Å². The molecule has 1 aromatic carbocycles. The van der Waals surface area contributed by atoms with E-state index in [0.717, 1.165) is 15.9 Å². The Morgan fingerprint density at radius 2 is 2.05 bits per heavy atom. The molecular formula is C14H15BrClN3. The van der Waals surface area contributed by atoms with Crippen LogP contribution in [0.25, 0.3) is 0 Å². The Hall–Kier alpha value is -1.10. The Kier molecular flexibility index (Phi) is 4.80. The molecule has 0 bridgehead atoms.